The van der Waals surface area contributed by atoms with Gasteiger partial charge in [0.15, 0.2) is 0 Å². The molecule has 1 aromatic carbocycles. The zero-order valence-electron chi connectivity index (χ0n) is 18.5. The van der Waals surface area contributed by atoms with Crippen molar-refractivity contribution in [3.8, 4) is 0 Å². The van der Waals surface area contributed by atoms with Crippen molar-refractivity contribution in [1.29, 1.82) is 0 Å². The number of piperidine rings is 1. The van der Waals surface area contributed by atoms with Crippen molar-refractivity contribution < 1.29 is 9.59 Å². The largest absolute Gasteiger partial charge is 0.327 e. The summed E-state index contributed by atoms with van der Waals surface area (Å²) in [6, 6.07) is 14.1. The minimum atomic E-state index is -0.702. The predicted molar refractivity (Wildman–Crippen MR) is 120 cm³/mol. The van der Waals surface area contributed by atoms with Crippen molar-refractivity contribution >= 4 is 11.9 Å². The van der Waals surface area contributed by atoms with Crippen LogP contribution < -0.4 is 0 Å². The molecule has 164 valence electrons. The Labute approximate surface area is 184 Å². The fourth-order valence-corrected chi connectivity index (χ4v) is 4.82. The molecule has 6 nitrogen and oxygen atoms in total. The molecule has 2 fully saturated rings. The molecular formula is C25H32N4O2. The van der Waals surface area contributed by atoms with Crippen LogP contribution >= 0.6 is 0 Å². The average molecular weight is 421 g/mol. The summed E-state index contributed by atoms with van der Waals surface area (Å²) in [5.74, 6) is 0.255. The lowest BCUT2D eigenvalue weighted by molar-refractivity contribution is -0.136. The standard InChI is InChI=1S/C25H32N4O2/c1-20(2)18-28-23(30)25(29(24(28)31)14-10-21-7-4-3-5-8-21)11-15-27(16-12-25)19-22-9-6-13-26-17-22/h3-9,13,17,20H,10-12,14-16,18-19H2,1-2H3. The van der Waals surface area contributed by atoms with Crippen LogP contribution in [-0.4, -0.2) is 63.3 Å². The van der Waals surface area contributed by atoms with Crippen molar-refractivity contribution in [2.75, 3.05) is 26.2 Å². The van der Waals surface area contributed by atoms with Crippen LogP contribution in [0.5, 0.6) is 0 Å². The van der Waals surface area contributed by atoms with E-state index < -0.39 is 5.54 Å². The van der Waals surface area contributed by atoms with Crippen LogP contribution in [0.3, 0.4) is 0 Å². The van der Waals surface area contributed by atoms with E-state index in [1.807, 2.05) is 35.4 Å². The van der Waals surface area contributed by atoms with Crippen LogP contribution in [0.15, 0.2) is 54.9 Å². The third kappa shape index (κ3) is 4.49. The van der Waals surface area contributed by atoms with E-state index in [-0.39, 0.29) is 17.9 Å². The van der Waals surface area contributed by atoms with Crippen molar-refractivity contribution in [2.24, 2.45) is 5.92 Å². The molecule has 0 radical (unpaired) electrons. The summed E-state index contributed by atoms with van der Waals surface area (Å²) >= 11 is 0. The molecule has 31 heavy (non-hydrogen) atoms. The summed E-state index contributed by atoms with van der Waals surface area (Å²) in [7, 11) is 0. The van der Waals surface area contributed by atoms with Gasteiger partial charge in [-0.1, -0.05) is 50.2 Å². The second-order valence-corrected chi connectivity index (χ2v) is 9.15. The molecule has 0 bridgehead atoms. The lowest BCUT2D eigenvalue weighted by atomic mass is 9.85. The van der Waals surface area contributed by atoms with Crippen LogP contribution in [0.4, 0.5) is 4.79 Å². The fourth-order valence-electron chi connectivity index (χ4n) is 4.82. The summed E-state index contributed by atoms with van der Waals surface area (Å²) in [5.41, 5.74) is 1.66. The molecule has 0 aliphatic carbocycles. The van der Waals surface area contributed by atoms with Gasteiger partial charge in [-0.05, 0) is 42.4 Å². The Hall–Kier alpha value is -2.73. The number of likely N-dealkylation sites (tertiary alicyclic amines) is 1. The molecule has 0 N–H and O–H groups in total. The number of aromatic nitrogens is 1. The molecule has 3 heterocycles. The Morgan fingerprint density at radius 2 is 1.71 bits per heavy atom. The third-order valence-corrected chi connectivity index (χ3v) is 6.45. The van der Waals surface area contributed by atoms with E-state index in [1.165, 1.54) is 16.0 Å². The van der Waals surface area contributed by atoms with Crippen LogP contribution in [0.1, 0.15) is 37.8 Å². The van der Waals surface area contributed by atoms with E-state index in [2.05, 4.69) is 41.9 Å². The number of carbonyl (C=O) groups is 2. The van der Waals surface area contributed by atoms with Gasteiger partial charge in [0, 0.05) is 45.1 Å². The first-order chi connectivity index (χ1) is 15.0. The van der Waals surface area contributed by atoms with Crippen molar-refractivity contribution in [2.45, 2.75) is 45.2 Å². The molecule has 3 amide bonds. The number of pyridine rings is 1. The van der Waals surface area contributed by atoms with Gasteiger partial charge >= 0.3 is 6.03 Å². The number of hydrogen-bond donors (Lipinski definition) is 0. The maximum absolute atomic E-state index is 13.5. The van der Waals surface area contributed by atoms with Gasteiger partial charge in [-0.3, -0.25) is 19.6 Å². The maximum atomic E-state index is 13.5. The highest BCUT2D eigenvalue weighted by molar-refractivity contribution is 6.07. The number of rotatable bonds is 7. The third-order valence-electron chi connectivity index (χ3n) is 6.45. The minimum Gasteiger partial charge on any atom is -0.309 e. The first kappa shape index (κ1) is 21.5. The second kappa shape index (κ2) is 9.18. The number of nitrogens with zero attached hydrogens (tertiary/aromatic N) is 4. The number of amides is 3. The molecule has 0 atom stereocenters. The lowest BCUT2D eigenvalue weighted by Crippen LogP contribution is -2.56. The molecule has 4 rings (SSSR count). The van der Waals surface area contributed by atoms with Gasteiger partial charge in [-0.15, -0.1) is 0 Å². The van der Waals surface area contributed by atoms with Gasteiger partial charge in [-0.25, -0.2) is 4.79 Å². The van der Waals surface area contributed by atoms with E-state index in [1.54, 1.807) is 6.20 Å². The van der Waals surface area contributed by atoms with Gasteiger partial charge < -0.3 is 4.90 Å². The number of imide groups is 1. The highest BCUT2D eigenvalue weighted by atomic mass is 16.2. The monoisotopic (exact) mass is 420 g/mol. The summed E-state index contributed by atoms with van der Waals surface area (Å²) in [5, 5.41) is 0. The molecule has 2 saturated heterocycles. The Morgan fingerprint density at radius 1 is 1.00 bits per heavy atom. The van der Waals surface area contributed by atoms with E-state index in [9.17, 15) is 9.59 Å². The maximum Gasteiger partial charge on any atom is 0.327 e. The van der Waals surface area contributed by atoms with Crippen LogP contribution in [0.25, 0.3) is 0 Å². The fraction of sp³-hybridized carbons (Fsp3) is 0.480. The highest BCUT2D eigenvalue weighted by Gasteiger charge is 2.57. The van der Waals surface area contributed by atoms with Gasteiger partial charge in [0.25, 0.3) is 5.91 Å². The molecule has 6 heteroatoms. The molecule has 1 aromatic heterocycles. The van der Waals surface area contributed by atoms with Crippen LogP contribution in [0, 0.1) is 5.92 Å². The first-order valence-corrected chi connectivity index (χ1v) is 11.3. The zero-order valence-corrected chi connectivity index (χ0v) is 18.5. The Bertz CT molecular complexity index is 892. The Kier molecular flexibility index (Phi) is 6.37. The van der Waals surface area contributed by atoms with Crippen molar-refractivity contribution in [3.63, 3.8) is 0 Å². The molecule has 2 aromatic rings. The number of hydrogen-bond acceptors (Lipinski definition) is 4. The second-order valence-electron chi connectivity index (χ2n) is 9.15. The molecule has 0 unspecified atom stereocenters. The number of urea groups is 1. The number of carbonyl (C=O) groups excluding carboxylic acids is 2. The normalized spacial score (nSPS) is 19.1. The van der Waals surface area contributed by atoms with Crippen molar-refractivity contribution in [1.82, 2.24) is 19.7 Å². The summed E-state index contributed by atoms with van der Waals surface area (Å²) in [6.45, 7) is 7.58. The lowest BCUT2D eigenvalue weighted by Gasteiger charge is -2.42. The molecular weight excluding hydrogens is 388 g/mol. The van der Waals surface area contributed by atoms with Crippen LogP contribution in [-0.2, 0) is 17.8 Å². The average Bonchev–Trinajstić information content (AvgIpc) is 2.96. The Balaban J connectivity index is 1.50. The smallest absolute Gasteiger partial charge is 0.309 e. The Morgan fingerprint density at radius 3 is 2.35 bits per heavy atom. The summed E-state index contributed by atoms with van der Waals surface area (Å²) in [4.78, 5) is 36.8. The van der Waals surface area contributed by atoms with E-state index in [4.69, 9.17) is 0 Å². The van der Waals surface area contributed by atoms with E-state index in [0.717, 1.165) is 26.1 Å². The molecule has 2 aliphatic heterocycles. The van der Waals surface area contributed by atoms with Gasteiger partial charge in [0.2, 0.25) is 0 Å². The van der Waals surface area contributed by atoms with Crippen LogP contribution in [0.2, 0.25) is 0 Å². The molecule has 1 spiro atoms. The van der Waals surface area contributed by atoms with Crippen molar-refractivity contribution in [3.05, 3.63) is 66.0 Å². The summed E-state index contributed by atoms with van der Waals surface area (Å²) in [6.07, 6.45) is 5.80. The summed E-state index contributed by atoms with van der Waals surface area (Å²) < 4.78 is 0. The molecule has 0 saturated carbocycles. The van der Waals surface area contributed by atoms with E-state index >= 15 is 0 Å². The van der Waals surface area contributed by atoms with Gasteiger partial charge in [0.1, 0.15) is 5.54 Å². The highest BCUT2D eigenvalue weighted by Crippen LogP contribution is 2.38. The zero-order chi connectivity index (χ0) is 21.8. The van der Waals surface area contributed by atoms with Gasteiger partial charge in [0.05, 0.1) is 0 Å². The minimum absolute atomic E-state index is 0.000268. The molecule has 2 aliphatic rings. The van der Waals surface area contributed by atoms with E-state index in [0.29, 0.717) is 25.9 Å². The SMILES string of the molecule is CC(C)CN1C(=O)N(CCc2ccccc2)C2(CCN(Cc3cccnc3)CC2)C1=O. The first-order valence-electron chi connectivity index (χ1n) is 11.3. The predicted octanol–water partition coefficient (Wildman–Crippen LogP) is 3.58. The quantitative estimate of drug-likeness (QED) is 0.643. The topological polar surface area (TPSA) is 56.8 Å². The van der Waals surface area contributed by atoms with Gasteiger partial charge in [-0.2, -0.15) is 0 Å². The number of benzene rings is 1.